The molecular formula is C66H40F12N8P2Pd2. The molecule has 14 rings (SSSR count). The van der Waals surface area contributed by atoms with Crippen LogP contribution in [-0.4, -0.2) is 31.4 Å². The van der Waals surface area contributed by atoms with Crippen LogP contribution in [0.25, 0.3) is 56.2 Å². The Balaban J connectivity index is 0.000000502. The first kappa shape index (κ1) is 64.2. The Morgan fingerprint density at radius 2 is 0.456 bits per heavy atom. The number of hydrogen-bond acceptors (Lipinski definition) is 6. The minimum atomic E-state index is -10.7. The van der Waals surface area contributed by atoms with Crippen LogP contribution in [0.5, 0.6) is 0 Å². The Bertz CT molecular complexity index is 4610. The SMILES string of the molecule is C1=CC2=C(c3ccccc3)c3cccc(n3)-c3cccc(n3)C(c3ccccc3)=c3ccc([n-]3)=C(C3=c4ccc([n-]4)=C(c4ccccc4)c4cccc(n4)-c4cccc(n4)C(c4ccccc4)=C4C=CC3=N4)C1=N2.F[P-](F)(F)(F)(F)F.F[P-](F)(F)(F)(F)F.[Pd+2].[Pd+2]. The number of nitrogens with zero attached hydrogens (tertiary/aromatic N) is 8. The summed E-state index contributed by atoms with van der Waals surface area (Å²) in [5.74, 6) is 0. The Kier molecular flexibility index (Phi) is 16.5. The molecule has 0 spiro atoms. The first-order valence-corrected chi connectivity index (χ1v) is 30.7. The Morgan fingerprint density at radius 1 is 0.233 bits per heavy atom. The molecule has 0 N–H and O–H groups in total. The van der Waals surface area contributed by atoms with Gasteiger partial charge in [-0.2, -0.15) is 0 Å². The van der Waals surface area contributed by atoms with Gasteiger partial charge in [0, 0.05) is 11.1 Å². The van der Waals surface area contributed by atoms with Crippen LogP contribution in [0.1, 0.15) is 45.0 Å². The number of rotatable bonds is 5. The van der Waals surface area contributed by atoms with E-state index in [1.807, 2.05) is 121 Å². The predicted molar refractivity (Wildman–Crippen MR) is 321 cm³/mol. The average molecular weight is 1450 g/mol. The predicted octanol–water partition coefficient (Wildman–Crippen LogP) is 16.3. The molecule has 10 heterocycles. The van der Waals surface area contributed by atoms with E-state index < -0.39 is 15.6 Å². The third-order valence-corrected chi connectivity index (χ3v) is 13.7. The van der Waals surface area contributed by atoms with E-state index in [-0.39, 0.29) is 40.8 Å². The van der Waals surface area contributed by atoms with Gasteiger partial charge in [0.1, 0.15) is 0 Å². The topological polar surface area (TPSA) is 104 Å². The van der Waals surface area contributed by atoms with Gasteiger partial charge < -0.3 is 9.97 Å². The fourth-order valence-corrected chi connectivity index (χ4v) is 10.3. The van der Waals surface area contributed by atoms with Crippen molar-refractivity contribution in [3.63, 3.8) is 0 Å². The smallest absolute Gasteiger partial charge is 2.00 e. The van der Waals surface area contributed by atoms with Crippen molar-refractivity contribution in [3.8, 4) is 22.8 Å². The summed E-state index contributed by atoms with van der Waals surface area (Å²) in [7, 11) is -21.3. The zero-order valence-corrected chi connectivity index (χ0v) is 50.6. The third-order valence-electron chi connectivity index (χ3n) is 13.7. The molecule has 0 amide bonds. The van der Waals surface area contributed by atoms with Crippen LogP contribution in [0, 0.1) is 0 Å². The quantitative estimate of drug-likeness (QED) is 0.0966. The number of allylic oxidation sites excluding steroid dienone is 4. The number of benzene rings is 4. The van der Waals surface area contributed by atoms with Crippen LogP contribution in [0.3, 0.4) is 0 Å². The summed E-state index contributed by atoms with van der Waals surface area (Å²) in [6, 6.07) is 74.2. The summed E-state index contributed by atoms with van der Waals surface area (Å²) in [5.41, 5.74) is 18.0. The van der Waals surface area contributed by atoms with Crippen molar-refractivity contribution in [1.29, 1.82) is 0 Å². The second-order valence-electron chi connectivity index (χ2n) is 20.1. The van der Waals surface area contributed by atoms with Gasteiger partial charge in [-0.15, -0.1) is 21.4 Å². The van der Waals surface area contributed by atoms with E-state index in [1.54, 1.807) is 0 Å². The molecule has 0 atom stereocenters. The molecule has 4 aromatic carbocycles. The maximum atomic E-state index is 9.87. The van der Waals surface area contributed by atoms with E-state index in [4.69, 9.17) is 39.9 Å². The van der Waals surface area contributed by atoms with E-state index in [1.165, 1.54) is 0 Å². The van der Waals surface area contributed by atoms with Gasteiger partial charge in [-0.05, 0) is 117 Å². The summed E-state index contributed by atoms with van der Waals surface area (Å²) < 4.78 is 118. The Morgan fingerprint density at radius 3 is 0.722 bits per heavy atom. The normalized spacial score (nSPS) is 15.6. The fraction of sp³-hybridized carbons (Fsp3) is 0. The monoisotopic (exact) mass is 1450 g/mol. The van der Waals surface area contributed by atoms with Gasteiger partial charge in [0.25, 0.3) is 0 Å². The van der Waals surface area contributed by atoms with Crippen LogP contribution in [-0.2, 0) is 40.8 Å². The zero-order chi connectivity index (χ0) is 61.8. The Labute approximate surface area is 531 Å². The molecule has 4 aliphatic rings. The van der Waals surface area contributed by atoms with Crippen molar-refractivity contribution in [1.82, 2.24) is 29.9 Å². The summed E-state index contributed by atoms with van der Waals surface area (Å²) in [6.45, 7) is 0. The fourth-order valence-electron chi connectivity index (χ4n) is 10.3. The van der Waals surface area contributed by atoms with Gasteiger partial charge in [0.2, 0.25) is 0 Å². The van der Waals surface area contributed by atoms with Crippen LogP contribution < -0.4 is 31.4 Å². The van der Waals surface area contributed by atoms with Gasteiger partial charge in [-0.3, -0.25) is 0 Å². The van der Waals surface area contributed by atoms with E-state index in [9.17, 15) is 50.4 Å². The van der Waals surface area contributed by atoms with Crippen molar-refractivity contribution >= 4 is 60.5 Å². The van der Waals surface area contributed by atoms with E-state index in [0.29, 0.717) is 22.1 Å². The van der Waals surface area contributed by atoms with Crippen LogP contribution >= 0.6 is 15.6 Å². The molecule has 10 aromatic rings. The van der Waals surface area contributed by atoms with Crippen molar-refractivity contribution in [3.05, 3.63) is 321 Å². The third kappa shape index (κ3) is 15.8. The molecule has 0 unspecified atom stereocenters. The van der Waals surface area contributed by atoms with E-state index in [0.717, 1.165) is 123 Å². The maximum absolute atomic E-state index is 10.7. The number of aliphatic imine (C=N–C) groups is 2. The maximum Gasteiger partial charge on any atom is 2.00 e. The zero-order valence-electron chi connectivity index (χ0n) is 45.7. The summed E-state index contributed by atoms with van der Waals surface area (Å²) in [6.07, 6.45) is 8.35. The average Bonchev–Trinajstić information content (AvgIpc) is 1.74. The molecule has 458 valence electrons. The van der Waals surface area contributed by atoms with Crippen LogP contribution in [0.15, 0.2) is 264 Å². The van der Waals surface area contributed by atoms with Crippen molar-refractivity contribution in [2.45, 2.75) is 0 Å². The minimum Gasteiger partial charge on any atom is 2.00 e. The van der Waals surface area contributed by atoms with Gasteiger partial charge in [-0.1, -0.05) is 170 Å². The van der Waals surface area contributed by atoms with Gasteiger partial charge in [0.15, 0.2) is 0 Å². The number of halogens is 12. The molecule has 90 heavy (non-hydrogen) atoms. The standard InChI is InChI=1S/C66H40N8.2F6P.2Pd/c1-5-17-41(18-6-1)61-49-29-13-25-45(67-49)46-26-14-30-50(68-46)62(42-19-7-2-8-20-42)54-34-38-58(72-54)65(57-37-33-53(61)71-57)66-59-39-35-55(73-59)63(43-21-9-3-10-22-43)51-31-15-27-47(69-51)48-28-16-32-52(70-48)64(44-23-11-4-12-24-44)56-36-40-60(66)74-56;2*1-7(2,3,4,5)6;;/h1-40H;;;;/q-2;2*-1;2*+2. The van der Waals surface area contributed by atoms with Crippen molar-refractivity contribution < 1.29 is 91.2 Å². The Hall–Kier alpha value is -8.84. The molecule has 4 aliphatic heterocycles. The largest absolute Gasteiger partial charge is 2.00 e. The summed E-state index contributed by atoms with van der Waals surface area (Å²) in [4.78, 5) is 43.8. The number of hydrogen-bond donors (Lipinski definition) is 0. The van der Waals surface area contributed by atoms with Crippen molar-refractivity contribution in [2.75, 3.05) is 0 Å². The first-order chi connectivity index (χ1) is 41.6. The number of aromatic nitrogens is 6. The number of pyridine rings is 4. The molecular weight excluding hydrogens is 1410 g/mol. The van der Waals surface area contributed by atoms with E-state index >= 15 is 0 Å². The molecule has 0 saturated carbocycles. The summed E-state index contributed by atoms with van der Waals surface area (Å²) >= 11 is 0. The molecule has 8 nitrogen and oxygen atoms in total. The molecule has 16 bridgehead atoms. The van der Waals surface area contributed by atoms with Crippen molar-refractivity contribution in [2.24, 2.45) is 9.98 Å². The molecule has 24 heteroatoms. The van der Waals surface area contributed by atoms with Crippen LogP contribution in [0.2, 0.25) is 0 Å². The van der Waals surface area contributed by atoms with Gasteiger partial charge in [-0.25, -0.2) is 29.9 Å². The first-order valence-electron chi connectivity index (χ1n) is 26.6. The van der Waals surface area contributed by atoms with Gasteiger partial charge in [0.05, 0.1) is 68.4 Å². The second kappa shape index (κ2) is 23.2. The molecule has 0 aliphatic carbocycles. The molecule has 0 radical (unpaired) electrons. The van der Waals surface area contributed by atoms with Gasteiger partial charge >= 0.3 is 107 Å². The molecule has 0 fully saturated rings. The summed E-state index contributed by atoms with van der Waals surface area (Å²) in [5, 5.41) is 2.92. The van der Waals surface area contributed by atoms with Crippen LogP contribution in [0.4, 0.5) is 50.4 Å². The van der Waals surface area contributed by atoms with E-state index in [2.05, 4.69) is 121 Å². The second-order valence-corrected chi connectivity index (χ2v) is 24.0. The number of fused-ring (bicyclic) bond motifs is 16. The molecule has 6 aromatic heterocycles. The molecule has 0 saturated heterocycles. The minimum absolute atomic E-state index is 0.